The smallest absolute Gasteiger partial charge is 0.244 e. The Hall–Kier alpha value is -1.18. The number of methoxy groups -OCH3 is 1. The second-order valence-electron chi connectivity index (χ2n) is 4.50. The van der Waals surface area contributed by atoms with Crippen LogP contribution in [0, 0.1) is 5.92 Å². The van der Waals surface area contributed by atoms with Crippen LogP contribution in [-0.4, -0.2) is 43.9 Å². The molecule has 0 aromatic carbocycles. The fourth-order valence-electron chi connectivity index (χ4n) is 1.93. The maximum absolute atomic E-state index is 12.3. The summed E-state index contributed by atoms with van der Waals surface area (Å²) in [5.74, 6) is 0.562. The molecule has 2 rings (SSSR count). The van der Waals surface area contributed by atoms with Crippen molar-refractivity contribution in [1.82, 2.24) is 9.29 Å². The van der Waals surface area contributed by atoms with Gasteiger partial charge in [0.2, 0.25) is 15.9 Å². The molecule has 0 bridgehead atoms. The summed E-state index contributed by atoms with van der Waals surface area (Å²) in [6, 6.07) is 2.92. The van der Waals surface area contributed by atoms with Gasteiger partial charge in [0.05, 0.1) is 13.3 Å². The SMILES string of the molecule is COc1ccc(S(=O)(=O)N2CC(C)C(N)C2)cn1. The van der Waals surface area contributed by atoms with Gasteiger partial charge >= 0.3 is 0 Å². The minimum atomic E-state index is -3.49. The van der Waals surface area contributed by atoms with Crippen LogP contribution in [0.5, 0.6) is 5.88 Å². The zero-order chi connectivity index (χ0) is 13.3. The third-order valence-corrected chi connectivity index (χ3v) is 5.01. The van der Waals surface area contributed by atoms with E-state index in [-0.39, 0.29) is 16.9 Å². The number of pyridine rings is 1. The Morgan fingerprint density at radius 2 is 2.17 bits per heavy atom. The number of hydrogen-bond acceptors (Lipinski definition) is 5. The molecule has 0 aliphatic carbocycles. The van der Waals surface area contributed by atoms with Gasteiger partial charge in [-0.05, 0) is 12.0 Å². The minimum Gasteiger partial charge on any atom is -0.481 e. The van der Waals surface area contributed by atoms with Gasteiger partial charge in [-0.2, -0.15) is 4.31 Å². The van der Waals surface area contributed by atoms with Crippen molar-refractivity contribution in [1.29, 1.82) is 0 Å². The highest BCUT2D eigenvalue weighted by atomic mass is 32.2. The van der Waals surface area contributed by atoms with Crippen molar-refractivity contribution in [3.63, 3.8) is 0 Å². The second kappa shape index (κ2) is 4.83. The topological polar surface area (TPSA) is 85.5 Å². The molecule has 100 valence electrons. The minimum absolute atomic E-state index is 0.106. The molecule has 6 nitrogen and oxygen atoms in total. The second-order valence-corrected chi connectivity index (χ2v) is 6.44. The number of aromatic nitrogens is 1. The van der Waals surface area contributed by atoms with E-state index in [4.69, 9.17) is 10.5 Å². The van der Waals surface area contributed by atoms with Gasteiger partial charge in [-0.15, -0.1) is 0 Å². The summed E-state index contributed by atoms with van der Waals surface area (Å²) in [5.41, 5.74) is 5.85. The van der Waals surface area contributed by atoms with Crippen LogP contribution in [0.25, 0.3) is 0 Å². The van der Waals surface area contributed by atoms with Gasteiger partial charge in [0.15, 0.2) is 0 Å². The number of rotatable bonds is 3. The zero-order valence-corrected chi connectivity index (χ0v) is 11.2. The van der Waals surface area contributed by atoms with E-state index < -0.39 is 10.0 Å². The lowest BCUT2D eigenvalue weighted by atomic mass is 10.1. The molecular weight excluding hydrogens is 254 g/mol. The Kier molecular flexibility index (Phi) is 3.56. The number of nitrogens with two attached hydrogens (primary N) is 1. The van der Waals surface area contributed by atoms with Crippen LogP contribution in [-0.2, 0) is 10.0 Å². The zero-order valence-electron chi connectivity index (χ0n) is 10.4. The summed E-state index contributed by atoms with van der Waals surface area (Å²) in [6.45, 7) is 2.76. The first kappa shape index (κ1) is 13.3. The largest absolute Gasteiger partial charge is 0.481 e. The average Bonchev–Trinajstić information content (AvgIpc) is 2.70. The fraction of sp³-hybridized carbons (Fsp3) is 0.545. The molecule has 1 aliphatic rings. The van der Waals surface area contributed by atoms with E-state index in [9.17, 15) is 8.42 Å². The first-order valence-corrected chi connectivity index (χ1v) is 7.15. The van der Waals surface area contributed by atoms with E-state index in [1.54, 1.807) is 0 Å². The van der Waals surface area contributed by atoms with Crippen molar-refractivity contribution < 1.29 is 13.2 Å². The molecule has 1 aromatic rings. The van der Waals surface area contributed by atoms with E-state index in [0.29, 0.717) is 19.0 Å². The van der Waals surface area contributed by atoms with Gasteiger partial charge < -0.3 is 10.5 Å². The normalized spacial score (nSPS) is 25.3. The highest BCUT2D eigenvalue weighted by Gasteiger charge is 2.35. The molecule has 0 radical (unpaired) electrons. The van der Waals surface area contributed by atoms with Crippen molar-refractivity contribution >= 4 is 10.0 Å². The highest BCUT2D eigenvalue weighted by molar-refractivity contribution is 7.89. The molecule has 2 N–H and O–H groups in total. The summed E-state index contributed by atoms with van der Waals surface area (Å²) >= 11 is 0. The molecule has 1 fully saturated rings. The number of sulfonamides is 1. The molecule has 2 atom stereocenters. The van der Waals surface area contributed by atoms with Crippen LogP contribution < -0.4 is 10.5 Å². The van der Waals surface area contributed by atoms with E-state index in [1.807, 2.05) is 6.92 Å². The molecule has 7 heteroatoms. The molecule has 1 aromatic heterocycles. The van der Waals surface area contributed by atoms with Gasteiger partial charge in [0.1, 0.15) is 4.90 Å². The molecule has 1 saturated heterocycles. The quantitative estimate of drug-likeness (QED) is 0.840. The Labute approximate surface area is 107 Å². The first-order valence-electron chi connectivity index (χ1n) is 5.71. The number of nitrogens with zero attached hydrogens (tertiary/aromatic N) is 2. The third kappa shape index (κ3) is 2.33. The Bertz CT molecular complexity index is 505. The van der Waals surface area contributed by atoms with Crippen molar-refractivity contribution in [2.45, 2.75) is 17.9 Å². The summed E-state index contributed by atoms with van der Waals surface area (Å²) < 4.78 is 30.9. The van der Waals surface area contributed by atoms with Crippen LogP contribution in [0.4, 0.5) is 0 Å². The van der Waals surface area contributed by atoms with Gasteiger partial charge in [0.25, 0.3) is 0 Å². The monoisotopic (exact) mass is 271 g/mol. The molecule has 1 aliphatic heterocycles. The van der Waals surface area contributed by atoms with Crippen LogP contribution in [0.3, 0.4) is 0 Å². The molecular formula is C11H17N3O3S. The van der Waals surface area contributed by atoms with Gasteiger partial charge in [0, 0.05) is 25.2 Å². The summed E-state index contributed by atoms with van der Waals surface area (Å²) in [5, 5.41) is 0. The Morgan fingerprint density at radius 3 is 2.61 bits per heavy atom. The predicted octanol–water partition coefficient (Wildman–Crippen LogP) is 0.0579. The summed E-state index contributed by atoms with van der Waals surface area (Å²) in [7, 11) is -2.01. The first-order chi connectivity index (χ1) is 8.45. The number of ether oxygens (including phenoxy) is 1. The summed E-state index contributed by atoms with van der Waals surface area (Å²) in [4.78, 5) is 4.08. The van der Waals surface area contributed by atoms with E-state index >= 15 is 0 Å². The van der Waals surface area contributed by atoms with Crippen LogP contribution in [0.15, 0.2) is 23.2 Å². The van der Waals surface area contributed by atoms with Gasteiger partial charge in [-0.1, -0.05) is 6.92 Å². The lowest BCUT2D eigenvalue weighted by Crippen LogP contribution is -2.32. The third-order valence-electron chi connectivity index (χ3n) is 3.19. The van der Waals surface area contributed by atoms with Crippen molar-refractivity contribution in [2.75, 3.05) is 20.2 Å². The molecule has 2 unspecified atom stereocenters. The molecule has 2 heterocycles. The van der Waals surface area contributed by atoms with Gasteiger partial charge in [-0.3, -0.25) is 0 Å². The van der Waals surface area contributed by atoms with Crippen molar-refractivity contribution in [2.24, 2.45) is 11.7 Å². The lowest BCUT2D eigenvalue weighted by Gasteiger charge is -2.15. The Balaban J connectivity index is 2.25. The average molecular weight is 271 g/mol. The van der Waals surface area contributed by atoms with E-state index in [2.05, 4.69) is 4.98 Å². The van der Waals surface area contributed by atoms with E-state index in [1.165, 1.54) is 29.7 Å². The van der Waals surface area contributed by atoms with Crippen molar-refractivity contribution in [3.8, 4) is 5.88 Å². The van der Waals surface area contributed by atoms with Crippen LogP contribution in [0.1, 0.15) is 6.92 Å². The lowest BCUT2D eigenvalue weighted by molar-refractivity contribution is 0.397. The van der Waals surface area contributed by atoms with Crippen LogP contribution in [0.2, 0.25) is 0 Å². The maximum atomic E-state index is 12.3. The molecule has 0 spiro atoms. The van der Waals surface area contributed by atoms with Gasteiger partial charge in [-0.25, -0.2) is 13.4 Å². The molecule has 0 amide bonds. The number of hydrogen-bond donors (Lipinski definition) is 1. The van der Waals surface area contributed by atoms with Crippen molar-refractivity contribution in [3.05, 3.63) is 18.3 Å². The van der Waals surface area contributed by atoms with E-state index in [0.717, 1.165) is 0 Å². The van der Waals surface area contributed by atoms with Crippen LogP contribution >= 0.6 is 0 Å². The highest BCUT2D eigenvalue weighted by Crippen LogP contribution is 2.23. The molecule has 0 saturated carbocycles. The summed E-state index contributed by atoms with van der Waals surface area (Å²) in [6.07, 6.45) is 1.31. The predicted molar refractivity (Wildman–Crippen MR) is 66.7 cm³/mol. The standard InChI is InChI=1S/C11H17N3O3S/c1-8-6-14(7-10(8)12)18(15,16)9-3-4-11(17-2)13-5-9/h3-5,8,10H,6-7,12H2,1-2H3. The Morgan fingerprint density at radius 1 is 1.44 bits per heavy atom. The fourth-order valence-corrected chi connectivity index (χ4v) is 3.46. The maximum Gasteiger partial charge on any atom is 0.244 e. The molecule has 18 heavy (non-hydrogen) atoms.